The zero-order valence-corrected chi connectivity index (χ0v) is 31.6. The van der Waals surface area contributed by atoms with E-state index >= 15 is 0 Å². The number of aliphatic hydroxyl groups excluding tert-OH is 1. The molecule has 0 amide bonds. The van der Waals surface area contributed by atoms with E-state index in [0.717, 1.165) is 16.7 Å². The van der Waals surface area contributed by atoms with Crippen LogP contribution in [0, 0.1) is 10.8 Å². The molecule has 49 heavy (non-hydrogen) atoms. The first-order chi connectivity index (χ1) is 22.4. The second-order valence-electron chi connectivity index (χ2n) is 15.8. The minimum absolute atomic E-state index is 0.0257. The summed E-state index contributed by atoms with van der Waals surface area (Å²) in [6.45, 7) is 19.3. The summed E-state index contributed by atoms with van der Waals surface area (Å²) in [7, 11) is -4.61. The first kappa shape index (κ1) is 40.5. The molecule has 0 spiro atoms. The lowest BCUT2D eigenvalue weighted by Gasteiger charge is -2.44. The van der Waals surface area contributed by atoms with E-state index in [4.69, 9.17) is 13.5 Å². The highest BCUT2D eigenvalue weighted by atomic mass is 32.3. The van der Waals surface area contributed by atoms with Crippen molar-refractivity contribution in [2.45, 2.75) is 130 Å². The van der Waals surface area contributed by atoms with Crippen LogP contribution >= 0.6 is 0 Å². The van der Waals surface area contributed by atoms with Crippen molar-refractivity contribution in [3.8, 4) is 0 Å². The lowest BCUT2D eigenvalue weighted by Crippen LogP contribution is -2.48. The van der Waals surface area contributed by atoms with Gasteiger partial charge in [0.2, 0.25) is 0 Å². The number of Topliss-reactive ketones (excluding diaryl/α,β-unsaturated/α-hetero) is 1. The number of carbonyl (C=O) groups is 1. The topological polar surface area (TPSA) is 134 Å². The van der Waals surface area contributed by atoms with E-state index in [1.54, 1.807) is 13.0 Å². The van der Waals surface area contributed by atoms with Crippen LogP contribution < -0.4 is 0 Å². The maximum atomic E-state index is 13.1. The Morgan fingerprint density at radius 3 is 1.94 bits per heavy atom. The van der Waals surface area contributed by atoms with Crippen molar-refractivity contribution in [1.82, 2.24) is 0 Å². The molecule has 2 aliphatic carbocycles. The van der Waals surface area contributed by atoms with E-state index in [9.17, 15) is 23.4 Å². The molecule has 5 unspecified atom stereocenters. The van der Waals surface area contributed by atoms with Crippen molar-refractivity contribution in [3.05, 3.63) is 100 Å². The molecule has 0 aromatic carbocycles. The van der Waals surface area contributed by atoms with Crippen LogP contribution in [-0.2, 0) is 24.1 Å². The van der Waals surface area contributed by atoms with E-state index in [1.165, 1.54) is 0 Å². The van der Waals surface area contributed by atoms with E-state index in [-0.39, 0.29) is 17.6 Å². The molecule has 5 atom stereocenters. The van der Waals surface area contributed by atoms with Gasteiger partial charge in [0.15, 0.2) is 5.78 Å². The number of fused-ring (bicyclic) bond motifs is 1. The van der Waals surface area contributed by atoms with Crippen LogP contribution in [0.2, 0.25) is 0 Å². The normalized spacial score (nSPS) is 32.5. The molecule has 270 valence electrons. The van der Waals surface area contributed by atoms with Crippen molar-refractivity contribution in [1.29, 1.82) is 0 Å². The first-order valence-corrected chi connectivity index (χ1v) is 18.3. The van der Waals surface area contributed by atoms with Crippen molar-refractivity contribution < 1.29 is 36.9 Å². The Morgan fingerprint density at radius 1 is 0.857 bits per heavy atom. The Kier molecular flexibility index (Phi) is 12.5. The van der Waals surface area contributed by atoms with Crippen molar-refractivity contribution in [2.75, 3.05) is 0 Å². The van der Waals surface area contributed by atoms with Crippen LogP contribution in [0.25, 0.3) is 0 Å². The fourth-order valence-corrected chi connectivity index (χ4v) is 8.16. The maximum absolute atomic E-state index is 13.1. The van der Waals surface area contributed by atoms with Gasteiger partial charge in [-0.3, -0.25) is 9.35 Å². The molecule has 3 N–H and O–H groups in total. The van der Waals surface area contributed by atoms with Crippen LogP contribution in [-0.4, -0.2) is 58.0 Å². The largest absolute Gasteiger partial charge is 0.397 e. The predicted octanol–water partition coefficient (Wildman–Crippen LogP) is 7.95. The van der Waals surface area contributed by atoms with Gasteiger partial charge < -0.3 is 14.9 Å². The van der Waals surface area contributed by atoms with Crippen molar-refractivity contribution >= 4 is 16.2 Å². The van der Waals surface area contributed by atoms with E-state index in [1.807, 2.05) is 109 Å². The molecule has 1 aliphatic heterocycles. The minimum atomic E-state index is -4.61. The van der Waals surface area contributed by atoms with Crippen LogP contribution in [0.4, 0.5) is 0 Å². The van der Waals surface area contributed by atoms with Crippen molar-refractivity contribution in [2.24, 2.45) is 10.8 Å². The van der Waals surface area contributed by atoms with Gasteiger partial charge in [-0.2, -0.15) is 8.42 Å². The fourth-order valence-electron chi connectivity index (χ4n) is 7.68. The quantitative estimate of drug-likeness (QED) is 0.0616. The smallest absolute Gasteiger partial charge is 0.393 e. The molecule has 3 aliphatic rings. The molecular weight excluding hydrogens is 640 g/mol. The Hall–Kier alpha value is -2.88. The van der Waals surface area contributed by atoms with Crippen LogP contribution in [0.5, 0.6) is 0 Å². The number of epoxide rings is 1. The van der Waals surface area contributed by atoms with Gasteiger partial charge in [-0.1, -0.05) is 99.6 Å². The van der Waals surface area contributed by atoms with Gasteiger partial charge in [-0.25, -0.2) is 4.18 Å². The molecule has 0 bridgehead atoms. The van der Waals surface area contributed by atoms with E-state index < -0.39 is 44.8 Å². The molecule has 3 rings (SSSR count). The molecule has 8 nitrogen and oxygen atoms in total. The summed E-state index contributed by atoms with van der Waals surface area (Å²) >= 11 is 0. The lowest BCUT2D eigenvalue weighted by atomic mass is 9.61. The van der Waals surface area contributed by atoms with Crippen molar-refractivity contribution in [3.63, 3.8) is 0 Å². The number of hydrogen-bond donors (Lipinski definition) is 3. The van der Waals surface area contributed by atoms with Gasteiger partial charge in [0.1, 0.15) is 5.60 Å². The van der Waals surface area contributed by atoms with Gasteiger partial charge in [-0.15, -0.1) is 5.73 Å². The third-order valence-corrected chi connectivity index (χ3v) is 10.6. The molecule has 0 aromatic heterocycles. The summed E-state index contributed by atoms with van der Waals surface area (Å²) in [6, 6.07) is 0. The van der Waals surface area contributed by atoms with Gasteiger partial charge in [0, 0.05) is 24.8 Å². The van der Waals surface area contributed by atoms with Gasteiger partial charge in [-0.05, 0) is 82.4 Å². The molecule has 0 radical (unpaired) electrons. The summed E-state index contributed by atoms with van der Waals surface area (Å²) in [5.74, 6) is 0.0668. The Balaban J connectivity index is 1.55. The van der Waals surface area contributed by atoms with Crippen LogP contribution in [0.3, 0.4) is 0 Å². The summed E-state index contributed by atoms with van der Waals surface area (Å²) in [4.78, 5) is 13.1. The van der Waals surface area contributed by atoms with Gasteiger partial charge in [0.05, 0.1) is 23.4 Å². The van der Waals surface area contributed by atoms with Gasteiger partial charge in [0.25, 0.3) is 0 Å². The third kappa shape index (κ3) is 10.6. The SMILES string of the molecule is CC(C=C=C1C(C)(C)CC(OS(=O)(=O)O)CC1(C)O)=CC=CC(C)=CC=CC=C(C)C=CC=C(C)C(=O)CC12OC1(C)CC(O)CC2(C)C. The first-order valence-electron chi connectivity index (χ1n) is 16.9. The number of carbonyl (C=O) groups excluding carboxylic acids is 1. The lowest BCUT2D eigenvalue weighted by molar-refractivity contribution is -0.118. The average Bonchev–Trinajstić information content (AvgIpc) is 3.53. The highest BCUT2D eigenvalue weighted by Crippen LogP contribution is 2.67. The highest BCUT2D eigenvalue weighted by molar-refractivity contribution is 7.80. The monoisotopic (exact) mass is 696 g/mol. The second kappa shape index (κ2) is 15.2. The number of rotatable bonds is 12. The zero-order valence-electron chi connectivity index (χ0n) is 30.8. The molecule has 0 aromatic rings. The molecule has 1 saturated heterocycles. The Morgan fingerprint density at radius 2 is 1.41 bits per heavy atom. The molecule has 3 fully saturated rings. The highest BCUT2D eigenvalue weighted by Gasteiger charge is 2.76. The maximum Gasteiger partial charge on any atom is 0.397 e. The third-order valence-electron chi connectivity index (χ3n) is 10.1. The zero-order chi connectivity index (χ0) is 37.1. The molecular formula is C40H56O8S. The number of hydrogen-bond acceptors (Lipinski definition) is 7. The second-order valence-corrected chi connectivity index (χ2v) is 16.8. The molecule has 1 heterocycles. The molecule has 2 saturated carbocycles. The molecule has 9 heteroatoms. The summed E-state index contributed by atoms with van der Waals surface area (Å²) in [5.41, 5.74) is 4.38. The summed E-state index contributed by atoms with van der Waals surface area (Å²) in [6.07, 6.45) is 21.9. The number of ketones is 1. The van der Waals surface area contributed by atoms with Crippen LogP contribution in [0.1, 0.15) is 101 Å². The standard InChI is InChI=1S/C40H56O8S/c1-28(17-13-18-30(3)21-22-35-36(5,6)25-33(26-38(35,9)43)47-49(44,45)46)15-11-12-16-29(2)19-14-20-31(4)34(42)27-40-37(7,8)23-32(41)24-39(40,10)48-40/h11-21,32-33,41,43H,23-27H2,1-10H3,(H,44,45,46). The fraction of sp³-hybridized carbons (Fsp3) is 0.550. The Bertz CT molecular complexity index is 1650. The summed E-state index contributed by atoms with van der Waals surface area (Å²) < 4.78 is 42.4. The minimum Gasteiger partial charge on any atom is -0.393 e. The average molecular weight is 697 g/mol. The number of aliphatic hydroxyl groups is 2. The predicted molar refractivity (Wildman–Crippen MR) is 195 cm³/mol. The summed E-state index contributed by atoms with van der Waals surface area (Å²) in [5, 5.41) is 21.3. The Labute approximate surface area is 294 Å². The van der Waals surface area contributed by atoms with E-state index in [2.05, 4.69) is 19.6 Å². The van der Waals surface area contributed by atoms with Gasteiger partial charge >= 0.3 is 10.4 Å². The number of allylic oxidation sites excluding steroid dienone is 14. The van der Waals surface area contributed by atoms with Crippen LogP contribution in [0.15, 0.2) is 100 Å². The number of ether oxygens (including phenoxy) is 1. The van der Waals surface area contributed by atoms with E-state index in [0.29, 0.717) is 36.8 Å².